The number of aromatic nitrogens is 2. The molecular formula is C31H31N3O5. The van der Waals surface area contributed by atoms with Gasteiger partial charge in [0.05, 0.1) is 50.8 Å². The molecule has 1 amide bonds. The molecule has 5 rings (SSSR count). The lowest BCUT2D eigenvalue weighted by molar-refractivity contribution is 0.0918. The van der Waals surface area contributed by atoms with Crippen LogP contribution in [0.4, 0.5) is 0 Å². The van der Waals surface area contributed by atoms with Gasteiger partial charge in [0, 0.05) is 28.0 Å². The monoisotopic (exact) mass is 525 g/mol. The van der Waals surface area contributed by atoms with Gasteiger partial charge in [-0.15, -0.1) is 0 Å². The zero-order chi connectivity index (χ0) is 27.5. The van der Waals surface area contributed by atoms with Gasteiger partial charge in [0.15, 0.2) is 11.5 Å². The highest BCUT2D eigenvalue weighted by atomic mass is 16.5. The van der Waals surface area contributed by atoms with Crippen LogP contribution in [0.1, 0.15) is 21.5 Å². The van der Waals surface area contributed by atoms with Crippen LogP contribution in [0.2, 0.25) is 0 Å². The second kappa shape index (κ2) is 11.0. The van der Waals surface area contributed by atoms with Crippen LogP contribution in [0, 0.1) is 6.92 Å². The number of para-hydroxylation sites is 1. The summed E-state index contributed by atoms with van der Waals surface area (Å²) in [7, 11) is 4.66. The normalized spacial score (nSPS) is 11.9. The number of hydrogen-bond donors (Lipinski definition) is 3. The number of carbonyl (C=O) groups is 1. The van der Waals surface area contributed by atoms with Crippen LogP contribution >= 0.6 is 0 Å². The van der Waals surface area contributed by atoms with Crippen LogP contribution in [0.3, 0.4) is 0 Å². The third-order valence-corrected chi connectivity index (χ3v) is 6.87. The van der Waals surface area contributed by atoms with Gasteiger partial charge in [-0.1, -0.05) is 29.8 Å². The van der Waals surface area contributed by atoms with Gasteiger partial charge in [-0.25, -0.2) is 4.98 Å². The minimum atomic E-state index is -0.477. The van der Waals surface area contributed by atoms with Crippen molar-refractivity contribution < 1.29 is 24.1 Å². The summed E-state index contributed by atoms with van der Waals surface area (Å²) in [6.07, 6.45) is 2.40. The van der Waals surface area contributed by atoms with Crippen molar-refractivity contribution in [2.75, 3.05) is 27.9 Å². The van der Waals surface area contributed by atoms with Crippen molar-refractivity contribution >= 4 is 27.7 Å². The van der Waals surface area contributed by atoms with E-state index in [2.05, 4.69) is 10.3 Å². The highest BCUT2D eigenvalue weighted by molar-refractivity contribution is 6.07. The molecule has 5 aromatic rings. The van der Waals surface area contributed by atoms with Crippen LogP contribution in [-0.2, 0) is 6.42 Å². The molecule has 0 aliphatic heterocycles. The zero-order valence-electron chi connectivity index (χ0n) is 22.4. The maximum absolute atomic E-state index is 13.7. The molecule has 3 aromatic carbocycles. The van der Waals surface area contributed by atoms with Crippen LogP contribution < -0.4 is 19.5 Å². The number of pyridine rings is 1. The number of amides is 1. The van der Waals surface area contributed by atoms with Crippen LogP contribution in [-0.4, -0.2) is 55.0 Å². The van der Waals surface area contributed by atoms with E-state index in [0.29, 0.717) is 46.0 Å². The first-order valence-electron chi connectivity index (χ1n) is 12.6. The van der Waals surface area contributed by atoms with Gasteiger partial charge in [0.25, 0.3) is 5.91 Å². The van der Waals surface area contributed by atoms with Crippen molar-refractivity contribution in [3.8, 4) is 28.5 Å². The van der Waals surface area contributed by atoms with E-state index in [1.807, 2.05) is 55.6 Å². The van der Waals surface area contributed by atoms with Gasteiger partial charge < -0.3 is 29.6 Å². The molecule has 8 heteroatoms. The molecule has 0 fully saturated rings. The number of methoxy groups -OCH3 is 3. The lowest BCUT2D eigenvalue weighted by Crippen LogP contribution is -2.39. The first kappa shape index (κ1) is 26.1. The average Bonchev–Trinajstić information content (AvgIpc) is 3.37. The Morgan fingerprint density at radius 2 is 1.72 bits per heavy atom. The molecule has 3 N–H and O–H groups in total. The topological polar surface area (TPSA) is 106 Å². The van der Waals surface area contributed by atoms with Crippen LogP contribution in [0.15, 0.2) is 66.9 Å². The quantitative estimate of drug-likeness (QED) is 0.249. The van der Waals surface area contributed by atoms with Crippen molar-refractivity contribution in [3.05, 3.63) is 83.6 Å². The van der Waals surface area contributed by atoms with Gasteiger partial charge >= 0.3 is 0 Å². The fraction of sp³-hybridized carbons (Fsp3) is 0.226. The van der Waals surface area contributed by atoms with E-state index in [1.165, 1.54) is 0 Å². The number of benzene rings is 3. The predicted molar refractivity (Wildman–Crippen MR) is 152 cm³/mol. The van der Waals surface area contributed by atoms with Crippen molar-refractivity contribution in [3.63, 3.8) is 0 Å². The van der Waals surface area contributed by atoms with E-state index < -0.39 is 6.04 Å². The number of carbonyl (C=O) groups excluding carboxylic acids is 1. The molecule has 8 nitrogen and oxygen atoms in total. The SMILES string of the molecule is COc1cc(-c2cc(C(=O)N[C@@H](CO)Cc3c[nH]c4ccccc34)c3cc(C)ccc3n2)cc(OC)c1OC. The summed E-state index contributed by atoms with van der Waals surface area (Å²) in [5.74, 6) is 1.16. The number of ether oxygens (including phenoxy) is 3. The summed E-state index contributed by atoms with van der Waals surface area (Å²) in [5, 5.41) is 15.0. The molecule has 1 atom stereocenters. The first-order chi connectivity index (χ1) is 18.9. The summed E-state index contributed by atoms with van der Waals surface area (Å²) in [6, 6.07) is 18.7. The van der Waals surface area contributed by atoms with Gasteiger partial charge in [-0.3, -0.25) is 4.79 Å². The maximum atomic E-state index is 13.7. The van der Waals surface area contributed by atoms with Crippen LogP contribution in [0.25, 0.3) is 33.1 Å². The third kappa shape index (κ3) is 5.11. The predicted octanol–water partition coefficient (Wildman–Crippen LogP) is 5.05. The molecule has 200 valence electrons. The molecule has 39 heavy (non-hydrogen) atoms. The van der Waals surface area contributed by atoms with Gasteiger partial charge in [0.2, 0.25) is 5.75 Å². The van der Waals surface area contributed by atoms with Crippen molar-refractivity contribution in [1.29, 1.82) is 0 Å². The smallest absolute Gasteiger partial charge is 0.252 e. The van der Waals surface area contributed by atoms with E-state index in [9.17, 15) is 9.90 Å². The number of aliphatic hydroxyl groups excluding tert-OH is 1. The number of aliphatic hydroxyl groups is 1. The summed E-state index contributed by atoms with van der Waals surface area (Å²) >= 11 is 0. The van der Waals surface area contributed by atoms with E-state index >= 15 is 0 Å². The number of fused-ring (bicyclic) bond motifs is 2. The standard InChI is InChI=1S/C31H31N3O5/c1-18-9-10-26-23(11-18)24(15-27(34-26)19-13-28(37-2)30(39-4)29(14-19)38-3)31(36)33-21(17-35)12-20-16-32-25-8-6-5-7-22(20)25/h5-11,13-16,21,32,35H,12,17H2,1-4H3,(H,33,36)/t21-/m1/s1. The van der Waals surface area contributed by atoms with Crippen molar-refractivity contribution in [2.45, 2.75) is 19.4 Å². The highest BCUT2D eigenvalue weighted by Crippen LogP contribution is 2.41. The summed E-state index contributed by atoms with van der Waals surface area (Å²) < 4.78 is 16.5. The second-order valence-electron chi connectivity index (χ2n) is 9.41. The molecule has 0 unspecified atom stereocenters. The van der Waals surface area contributed by atoms with Crippen molar-refractivity contribution in [2.24, 2.45) is 0 Å². The molecule has 0 saturated heterocycles. The Bertz CT molecular complexity index is 1630. The van der Waals surface area contributed by atoms with E-state index in [-0.39, 0.29) is 12.5 Å². The number of hydrogen-bond acceptors (Lipinski definition) is 6. The number of nitrogens with zero attached hydrogens (tertiary/aromatic N) is 1. The minimum absolute atomic E-state index is 0.201. The number of nitrogens with one attached hydrogen (secondary N) is 2. The average molecular weight is 526 g/mol. The number of aromatic amines is 1. The fourth-order valence-electron chi connectivity index (χ4n) is 4.89. The lowest BCUT2D eigenvalue weighted by Gasteiger charge is -2.18. The maximum Gasteiger partial charge on any atom is 0.252 e. The molecule has 0 bridgehead atoms. The fourth-order valence-corrected chi connectivity index (χ4v) is 4.89. The second-order valence-corrected chi connectivity index (χ2v) is 9.41. The lowest BCUT2D eigenvalue weighted by atomic mass is 10.0. The summed E-state index contributed by atoms with van der Waals surface area (Å²) in [4.78, 5) is 21.8. The number of aryl methyl sites for hydroxylation is 1. The summed E-state index contributed by atoms with van der Waals surface area (Å²) in [6.45, 7) is 1.77. The minimum Gasteiger partial charge on any atom is -0.493 e. The Hall–Kier alpha value is -4.56. The number of rotatable bonds is 9. The molecule has 0 radical (unpaired) electrons. The molecule has 2 heterocycles. The Balaban J connectivity index is 1.54. The zero-order valence-corrected chi connectivity index (χ0v) is 22.4. The third-order valence-electron chi connectivity index (χ3n) is 6.87. The molecule has 0 aliphatic carbocycles. The highest BCUT2D eigenvalue weighted by Gasteiger charge is 2.21. The van der Waals surface area contributed by atoms with Crippen molar-refractivity contribution in [1.82, 2.24) is 15.3 Å². The Morgan fingerprint density at radius 3 is 2.41 bits per heavy atom. The van der Waals surface area contributed by atoms with Gasteiger partial charge in [-0.05, 0) is 55.3 Å². The Morgan fingerprint density at radius 1 is 0.974 bits per heavy atom. The van der Waals surface area contributed by atoms with E-state index in [1.54, 1.807) is 39.5 Å². The first-order valence-corrected chi connectivity index (χ1v) is 12.6. The molecule has 0 aliphatic rings. The van der Waals surface area contributed by atoms with Gasteiger partial charge in [-0.2, -0.15) is 0 Å². The Labute approximate surface area is 226 Å². The van der Waals surface area contributed by atoms with E-state index in [4.69, 9.17) is 19.2 Å². The van der Waals surface area contributed by atoms with E-state index in [0.717, 1.165) is 27.4 Å². The summed E-state index contributed by atoms with van der Waals surface area (Å²) in [5.41, 5.74) is 5.47. The van der Waals surface area contributed by atoms with Gasteiger partial charge in [0.1, 0.15) is 0 Å². The number of H-pyrrole nitrogens is 1. The largest absolute Gasteiger partial charge is 0.493 e. The molecular weight excluding hydrogens is 494 g/mol. The molecule has 0 saturated carbocycles. The molecule has 0 spiro atoms. The molecule has 2 aromatic heterocycles. The Kier molecular flexibility index (Phi) is 7.38. The van der Waals surface area contributed by atoms with Crippen LogP contribution in [0.5, 0.6) is 17.2 Å².